The first-order valence-corrected chi connectivity index (χ1v) is 7.90. The molecular weight excluding hydrogens is 282 g/mol. The number of aliphatic hydroxyl groups is 2. The van der Waals surface area contributed by atoms with E-state index in [2.05, 4.69) is 17.4 Å². The van der Waals surface area contributed by atoms with Gasteiger partial charge in [-0.05, 0) is 30.7 Å². The third kappa shape index (κ3) is 3.02. The molecule has 5 nitrogen and oxygen atoms in total. The number of amides is 1. The topological polar surface area (TPSA) is 78.8 Å². The summed E-state index contributed by atoms with van der Waals surface area (Å²) >= 11 is 0. The molecule has 22 heavy (non-hydrogen) atoms. The van der Waals surface area contributed by atoms with Crippen LogP contribution in [0.3, 0.4) is 0 Å². The number of nitrogens with one attached hydrogen (secondary N) is 1. The predicted molar refractivity (Wildman–Crippen MR) is 81.0 cm³/mol. The molecule has 1 saturated carbocycles. The van der Waals surface area contributed by atoms with E-state index in [0.29, 0.717) is 5.92 Å². The highest BCUT2D eigenvalue weighted by atomic mass is 16.6. The summed E-state index contributed by atoms with van der Waals surface area (Å²) in [5, 5.41) is 23.2. The van der Waals surface area contributed by atoms with Crippen LogP contribution in [0, 0.1) is 5.92 Å². The van der Waals surface area contributed by atoms with E-state index in [0.717, 1.165) is 19.3 Å². The van der Waals surface area contributed by atoms with Crippen molar-refractivity contribution in [1.82, 2.24) is 5.32 Å². The molecule has 120 valence electrons. The fraction of sp³-hybridized carbons (Fsp3) is 0.588. The Kier molecular flexibility index (Phi) is 4.47. The van der Waals surface area contributed by atoms with Crippen LogP contribution >= 0.6 is 0 Å². The van der Waals surface area contributed by atoms with E-state index in [1.54, 1.807) is 0 Å². The van der Waals surface area contributed by atoms with Gasteiger partial charge in [-0.3, -0.25) is 4.79 Å². The molecule has 6 atom stereocenters. The number of hydrogen-bond acceptors (Lipinski definition) is 4. The van der Waals surface area contributed by atoms with Gasteiger partial charge in [0.15, 0.2) is 6.29 Å². The van der Waals surface area contributed by atoms with Crippen LogP contribution in [-0.2, 0) is 9.53 Å². The van der Waals surface area contributed by atoms with Crippen LogP contribution in [0.4, 0.5) is 0 Å². The van der Waals surface area contributed by atoms with Crippen LogP contribution in [-0.4, -0.2) is 40.7 Å². The summed E-state index contributed by atoms with van der Waals surface area (Å²) < 4.78 is 5.64. The molecule has 1 aliphatic carbocycles. The van der Waals surface area contributed by atoms with Gasteiger partial charge in [-0.25, -0.2) is 0 Å². The molecule has 0 bridgehead atoms. The van der Waals surface area contributed by atoms with Crippen LogP contribution in [0.5, 0.6) is 0 Å². The van der Waals surface area contributed by atoms with Gasteiger partial charge in [-0.2, -0.15) is 0 Å². The quantitative estimate of drug-likeness (QED) is 0.766. The zero-order valence-corrected chi connectivity index (χ0v) is 12.7. The van der Waals surface area contributed by atoms with Gasteiger partial charge in [-0.1, -0.05) is 30.3 Å². The van der Waals surface area contributed by atoms with Gasteiger partial charge in [0, 0.05) is 12.8 Å². The van der Waals surface area contributed by atoms with E-state index in [4.69, 9.17) is 4.74 Å². The summed E-state index contributed by atoms with van der Waals surface area (Å²) in [4.78, 5) is 11.3. The molecule has 1 amide bonds. The second-order valence-electron chi connectivity index (χ2n) is 6.37. The molecule has 2 aliphatic rings. The van der Waals surface area contributed by atoms with Gasteiger partial charge in [0.2, 0.25) is 5.91 Å². The third-order valence-corrected chi connectivity index (χ3v) is 4.90. The molecule has 0 unspecified atom stereocenters. The molecule has 1 aromatic carbocycles. The summed E-state index contributed by atoms with van der Waals surface area (Å²) in [6, 6.07) is 9.52. The molecular formula is C17H23NO4. The van der Waals surface area contributed by atoms with Gasteiger partial charge in [0.1, 0.15) is 6.04 Å². The minimum absolute atomic E-state index is 0.0702. The molecule has 2 fully saturated rings. The van der Waals surface area contributed by atoms with E-state index in [1.165, 1.54) is 12.5 Å². The minimum Gasteiger partial charge on any atom is -0.390 e. The molecule has 3 N–H and O–H groups in total. The van der Waals surface area contributed by atoms with Gasteiger partial charge >= 0.3 is 0 Å². The van der Waals surface area contributed by atoms with E-state index in [9.17, 15) is 15.0 Å². The molecule has 1 heterocycles. The van der Waals surface area contributed by atoms with Crippen LogP contribution in [0.1, 0.15) is 37.7 Å². The molecule has 1 aromatic rings. The van der Waals surface area contributed by atoms with Gasteiger partial charge < -0.3 is 20.3 Å². The average molecular weight is 305 g/mol. The lowest BCUT2D eigenvalue weighted by Crippen LogP contribution is -2.61. The highest BCUT2D eigenvalue weighted by molar-refractivity contribution is 5.73. The lowest BCUT2D eigenvalue weighted by Gasteiger charge is -2.47. The molecule has 5 heteroatoms. The largest absolute Gasteiger partial charge is 0.390 e. The first-order chi connectivity index (χ1) is 10.6. The van der Waals surface area contributed by atoms with Crippen molar-refractivity contribution in [3.63, 3.8) is 0 Å². The fourth-order valence-corrected chi connectivity index (χ4v) is 3.82. The molecule has 0 aromatic heterocycles. The number of carbonyl (C=O) groups excluding carboxylic acids is 1. The zero-order chi connectivity index (χ0) is 15.7. The number of benzene rings is 1. The Morgan fingerprint density at radius 1 is 1.23 bits per heavy atom. The maximum atomic E-state index is 11.3. The maximum Gasteiger partial charge on any atom is 0.217 e. The standard InChI is InChI=1S/C17H23NO4/c1-10(19)18-15-16(20)13-9-12(11-5-3-2-4-6-11)7-8-14(13)22-17(15)21/h2-6,12-17,20-21H,7-9H2,1H3,(H,18,19)/t12-,13+,14+,15-,16-,17+/m0/s1. The van der Waals surface area contributed by atoms with Crippen LogP contribution in [0.15, 0.2) is 30.3 Å². The summed E-state index contributed by atoms with van der Waals surface area (Å²) in [6.07, 6.45) is 0.520. The summed E-state index contributed by atoms with van der Waals surface area (Å²) in [5.74, 6) is 0.0358. The summed E-state index contributed by atoms with van der Waals surface area (Å²) in [5.41, 5.74) is 1.27. The SMILES string of the molecule is CC(=O)N[C@H]1[C@@H](O)[C@@H]2C[C@@H](c3ccccc3)CC[C@H]2O[C@H]1O. The smallest absolute Gasteiger partial charge is 0.217 e. The number of aliphatic hydroxyl groups excluding tert-OH is 2. The lowest BCUT2D eigenvalue weighted by atomic mass is 9.71. The van der Waals surface area contributed by atoms with E-state index in [1.807, 2.05) is 18.2 Å². The molecule has 1 aliphatic heterocycles. The van der Waals surface area contributed by atoms with Crippen LogP contribution in [0.2, 0.25) is 0 Å². The van der Waals surface area contributed by atoms with E-state index in [-0.39, 0.29) is 17.9 Å². The van der Waals surface area contributed by atoms with Gasteiger partial charge in [0.25, 0.3) is 0 Å². The van der Waals surface area contributed by atoms with Crippen molar-refractivity contribution in [1.29, 1.82) is 0 Å². The first-order valence-electron chi connectivity index (χ1n) is 7.90. The van der Waals surface area contributed by atoms with E-state index >= 15 is 0 Å². The Hall–Kier alpha value is -1.43. The van der Waals surface area contributed by atoms with E-state index < -0.39 is 18.4 Å². The van der Waals surface area contributed by atoms with Crippen molar-refractivity contribution in [2.75, 3.05) is 0 Å². The maximum absolute atomic E-state index is 11.3. The first kappa shape index (κ1) is 15.5. The Labute approximate surface area is 130 Å². The normalized spacial score (nSPS) is 38.1. The van der Waals surface area contributed by atoms with Crippen molar-refractivity contribution in [2.24, 2.45) is 5.92 Å². The van der Waals surface area contributed by atoms with Crippen molar-refractivity contribution in [3.05, 3.63) is 35.9 Å². The van der Waals surface area contributed by atoms with Crippen LogP contribution in [0.25, 0.3) is 0 Å². The Morgan fingerprint density at radius 3 is 2.64 bits per heavy atom. The lowest BCUT2D eigenvalue weighted by molar-refractivity contribution is -0.239. The second kappa shape index (κ2) is 6.36. The minimum atomic E-state index is -1.14. The Morgan fingerprint density at radius 2 is 1.95 bits per heavy atom. The fourth-order valence-electron chi connectivity index (χ4n) is 3.82. The monoisotopic (exact) mass is 305 g/mol. The number of fused-ring (bicyclic) bond motifs is 1. The summed E-state index contributed by atoms with van der Waals surface area (Å²) in [6.45, 7) is 1.37. The molecule has 3 rings (SSSR count). The third-order valence-electron chi connectivity index (χ3n) is 4.90. The number of rotatable bonds is 2. The molecule has 0 spiro atoms. The van der Waals surface area contributed by atoms with Crippen molar-refractivity contribution >= 4 is 5.91 Å². The number of carbonyl (C=O) groups is 1. The second-order valence-corrected chi connectivity index (χ2v) is 6.37. The molecule has 1 saturated heterocycles. The number of hydrogen-bond donors (Lipinski definition) is 3. The highest BCUT2D eigenvalue weighted by Gasteiger charge is 2.47. The Balaban J connectivity index is 1.75. The van der Waals surface area contributed by atoms with Gasteiger partial charge in [-0.15, -0.1) is 0 Å². The Bertz CT molecular complexity index is 521. The summed E-state index contributed by atoms with van der Waals surface area (Å²) in [7, 11) is 0. The van der Waals surface area contributed by atoms with Crippen molar-refractivity contribution in [3.8, 4) is 0 Å². The average Bonchev–Trinajstić information content (AvgIpc) is 2.52. The number of ether oxygens (including phenoxy) is 1. The highest BCUT2D eigenvalue weighted by Crippen LogP contribution is 2.42. The van der Waals surface area contributed by atoms with Crippen molar-refractivity contribution in [2.45, 2.75) is 56.6 Å². The van der Waals surface area contributed by atoms with Gasteiger partial charge in [0.05, 0.1) is 12.2 Å². The molecule has 0 radical (unpaired) electrons. The van der Waals surface area contributed by atoms with Crippen molar-refractivity contribution < 1.29 is 19.7 Å². The predicted octanol–water partition coefficient (Wildman–Crippen LogP) is 1.15. The zero-order valence-electron chi connectivity index (χ0n) is 12.7. The van der Waals surface area contributed by atoms with Crippen LogP contribution < -0.4 is 5.32 Å².